The van der Waals surface area contributed by atoms with Gasteiger partial charge in [0.2, 0.25) is 15.2 Å². The molecule has 2 aromatic heterocycles. The summed E-state index contributed by atoms with van der Waals surface area (Å²) >= 11 is 0.682. The van der Waals surface area contributed by atoms with Gasteiger partial charge < -0.3 is 10.2 Å². The summed E-state index contributed by atoms with van der Waals surface area (Å²) in [4.78, 5) is 5.95. The highest BCUT2D eigenvalue weighted by atomic mass is 32.2. The molecule has 2 N–H and O–H groups in total. The molecule has 2 aliphatic carbocycles. The molecule has 0 bridgehead atoms. The Bertz CT molecular complexity index is 1510. The lowest BCUT2D eigenvalue weighted by Crippen LogP contribution is -2.54. The van der Waals surface area contributed by atoms with Crippen LogP contribution in [0.1, 0.15) is 69.1 Å². The summed E-state index contributed by atoms with van der Waals surface area (Å²) in [5.41, 5.74) is -0.748. The number of fused-ring (bicyclic) bond motifs is 1. The second kappa shape index (κ2) is 9.63. The van der Waals surface area contributed by atoms with Gasteiger partial charge in [0.1, 0.15) is 28.6 Å². The van der Waals surface area contributed by atoms with Crippen molar-refractivity contribution in [2.45, 2.75) is 80.8 Å². The number of rotatable bonds is 8. The van der Waals surface area contributed by atoms with Crippen molar-refractivity contribution in [2.75, 3.05) is 24.7 Å². The van der Waals surface area contributed by atoms with Crippen LogP contribution in [-0.2, 0) is 10.0 Å². The van der Waals surface area contributed by atoms with Crippen LogP contribution in [0, 0.1) is 5.82 Å². The first-order valence-electron chi connectivity index (χ1n) is 13.0. The van der Waals surface area contributed by atoms with Crippen LogP contribution in [0.4, 0.5) is 23.2 Å². The number of hydrogen-bond acceptors (Lipinski definition) is 8. The monoisotopic (exact) mass is 587 g/mol. The van der Waals surface area contributed by atoms with E-state index in [9.17, 15) is 21.6 Å². The van der Waals surface area contributed by atoms with Gasteiger partial charge in [-0.15, -0.1) is 10.2 Å². The molecule has 2 saturated carbocycles. The van der Waals surface area contributed by atoms with Gasteiger partial charge in [-0.1, -0.05) is 17.8 Å². The van der Waals surface area contributed by atoms with E-state index in [0.29, 0.717) is 43.1 Å². The third kappa shape index (κ3) is 4.70. The highest BCUT2D eigenvalue weighted by molar-refractivity contribution is 7.89. The fourth-order valence-electron chi connectivity index (χ4n) is 5.46. The number of nitrogens with one attached hydrogen (secondary N) is 2. The van der Waals surface area contributed by atoms with Gasteiger partial charge in [0.25, 0.3) is 6.43 Å². The van der Waals surface area contributed by atoms with E-state index in [4.69, 9.17) is 4.98 Å². The van der Waals surface area contributed by atoms with E-state index in [2.05, 4.69) is 20.2 Å². The summed E-state index contributed by atoms with van der Waals surface area (Å²) in [6, 6.07) is 1.12. The smallest absolute Gasteiger partial charge is 0.291 e. The second-order valence-electron chi connectivity index (χ2n) is 11.0. The highest BCUT2D eigenvalue weighted by Crippen LogP contribution is 2.44. The van der Waals surface area contributed by atoms with Crippen LogP contribution >= 0.6 is 11.3 Å². The zero-order chi connectivity index (χ0) is 27.7. The molecule has 6 rings (SSSR count). The normalized spacial score (nSPS) is 23.5. The Hall–Kier alpha value is -2.36. The number of benzene rings is 1. The fourth-order valence-corrected chi connectivity index (χ4v) is 7.72. The lowest BCUT2D eigenvalue weighted by Gasteiger charge is -2.38. The number of anilines is 1. The van der Waals surface area contributed by atoms with Crippen molar-refractivity contribution in [3.05, 3.63) is 22.7 Å². The molecule has 3 heterocycles. The van der Waals surface area contributed by atoms with Crippen molar-refractivity contribution in [3.8, 4) is 5.13 Å². The van der Waals surface area contributed by atoms with Gasteiger partial charge in [-0.2, -0.15) is 0 Å². The Kier molecular flexibility index (Phi) is 6.63. The number of nitrogens with zero attached hydrogens (tertiary/aromatic N) is 5. The number of sulfonamides is 1. The lowest BCUT2D eigenvalue weighted by atomic mass is 9.85. The van der Waals surface area contributed by atoms with E-state index < -0.39 is 44.4 Å². The maximum atomic E-state index is 16.4. The Labute approximate surface area is 227 Å². The fraction of sp³-hybridized carbons (Fsp3) is 0.625. The number of imidazole rings is 1. The molecule has 1 aliphatic heterocycles. The van der Waals surface area contributed by atoms with Crippen LogP contribution in [-0.4, -0.2) is 65.6 Å². The van der Waals surface area contributed by atoms with Crippen molar-refractivity contribution in [1.82, 2.24) is 29.8 Å². The zero-order valence-corrected chi connectivity index (χ0v) is 23.1. The summed E-state index contributed by atoms with van der Waals surface area (Å²) in [6.45, 7) is 3.77. The molecule has 0 amide bonds. The van der Waals surface area contributed by atoms with E-state index in [1.807, 2.05) is 13.8 Å². The third-order valence-electron chi connectivity index (χ3n) is 7.76. The molecule has 3 aromatic rings. The second-order valence-corrected chi connectivity index (χ2v) is 13.6. The Morgan fingerprint density at radius 1 is 1.21 bits per heavy atom. The molecule has 3 fully saturated rings. The van der Waals surface area contributed by atoms with Gasteiger partial charge in [-0.3, -0.25) is 4.57 Å². The molecule has 0 unspecified atom stereocenters. The van der Waals surface area contributed by atoms with Crippen LogP contribution in [0.5, 0.6) is 0 Å². The van der Waals surface area contributed by atoms with Crippen LogP contribution in [0.2, 0.25) is 0 Å². The molecule has 39 heavy (non-hydrogen) atoms. The molecule has 0 spiro atoms. The summed E-state index contributed by atoms with van der Waals surface area (Å²) in [7, 11) is -4.49. The van der Waals surface area contributed by atoms with E-state index in [0.717, 1.165) is 19.3 Å². The van der Waals surface area contributed by atoms with Crippen LogP contribution < -0.4 is 14.9 Å². The molecule has 15 heteroatoms. The summed E-state index contributed by atoms with van der Waals surface area (Å²) in [6.07, 6.45) is 0.360. The quantitative estimate of drug-likeness (QED) is 0.381. The first-order chi connectivity index (χ1) is 18.5. The van der Waals surface area contributed by atoms with Crippen molar-refractivity contribution in [1.29, 1.82) is 0 Å². The maximum Gasteiger partial charge on any atom is 0.291 e. The zero-order valence-electron chi connectivity index (χ0n) is 21.4. The SMILES string of the molecule is C[C@H]1CN(c2c(F)c(S(=O)(=O)NC3(CF)CC3)cc3c2nc(C2CCC2)n3-c2nnc(C(F)F)s2)C[C@H](C)N1. The van der Waals surface area contributed by atoms with Gasteiger partial charge >= 0.3 is 0 Å². The maximum absolute atomic E-state index is 16.4. The molecule has 1 aromatic carbocycles. The van der Waals surface area contributed by atoms with Gasteiger partial charge in [-0.25, -0.2) is 35.7 Å². The molecule has 212 valence electrons. The van der Waals surface area contributed by atoms with Gasteiger partial charge in [0.15, 0.2) is 10.8 Å². The molecular formula is C24H29F4N7O2S2. The average molecular weight is 588 g/mol. The van der Waals surface area contributed by atoms with Gasteiger partial charge in [0, 0.05) is 31.1 Å². The van der Waals surface area contributed by atoms with Gasteiger partial charge in [-0.05, 0) is 45.6 Å². The minimum atomic E-state index is -4.49. The van der Waals surface area contributed by atoms with Crippen molar-refractivity contribution < 1.29 is 26.0 Å². The van der Waals surface area contributed by atoms with Crippen LogP contribution in [0.3, 0.4) is 0 Å². The Morgan fingerprint density at radius 2 is 1.90 bits per heavy atom. The first-order valence-corrected chi connectivity index (χ1v) is 15.3. The lowest BCUT2D eigenvalue weighted by molar-refractivity contribution is 0.150. The van der Waals surface area contributed by atoms with E-state index in [-0.39, 0.29) is 39.9 Å². The summed E-state index contributed by atoms with van der Waals surface area (Å²) in [5, 5.41) is 10.6. The molecule has 0 radical (unpaired) electrons. The average Bonchev–Trinajstić information content (AvgIpc) is 3.24. The number of halogens is 4. The summed E-state index contributed by atoms with van der Waals surface area (Å²) < 4.78 is 87.9. The number of hydrogen-bond donors (Lipinski definition) is 2. The topological polar surface area (TPSA) is 105 Å². The van der Waals surface area contributed by atoms with Crippen LogP contribution in [0.15, 0.2) is 11.0 Å². The standard InChI is InChI=1S/C24H29F4N7O2S2/c1-12-9-34(10-13(2)29-12)19-17(26)16(39(36,37)33-24(11-25)6-7-24)8-15-18(19)30-21(14-4-3-5-14)35(15)23-32-31-22(38-23)20(27)28/h8,12-14,20,29,33H,3-7,9-11H2,1-2H3/t12-,13-/m0/s1. The van der Waals surface area contributed by atoms with Crippen LogP contribution in [0.25, 0.3) is 16.2 Å². The predicted octanol–water partition coefficient (Wildman–Crippen LogP) is 4.19. The summed E-state index contributed by atoms with van der Waals surface area (Å²) in [5.74, 6) is -0.483. The van der Waals surface area contributed by atoms with Gasteiger partial charge in [0.05, 0.1) is 11.1 Å². The number of aromatic nitrogens is 4. The molecule has 3 aliphatic rings. The molecule has 9 nitrogen and oxygen atoms in total. The van der Waals surface area contributed by atoms with Crippen molar-refractivity contribution >= 4 is 38.1 Å². The molecular weight excluding hydrogens is 558 g/mol. The predicted molar refractivity (Wildman–Crippen MR) is 139 cm³/mol. The minimum absolute atomic E-state index is 0.0205. The van der Waals surface area contributed by atoms with E-state index >= 15 is 4.39 Å². The Morgan fingerprint density at radius 3 is 2.44 bits per heavy atom. The van der Waals surface area contributed by atoms with Crippen molar-refractivity contribution in [3.63, 3.8) is 0 Å². The Balaban J connectivity index is 1.61. The molecule has 1 saturated heterocycles. The number of alkyl halides is 3. The highest BCUT2D eigenvalue weighted by Gasteiger charge is 2.47. The third-order valence-corrected chi connectivity index (χ3v) is 10.3. The minimum Gasteiger partial charge on any atom is -0.364 e. The van der Waals surface area contributed by atoms with E-state index in [1.165, 1.54) is 6.07 Å². The first kappa shape index (κ1) is 26.8. The largest absolute Gasteiger partial charge is 0.364 e. The van der Waals surface area contributed by atoms with E-state index in [1.54, 1.807) is 9.47 Å². The van der Waals surface area contributed by atoms with Crippen molar-refractivity contribution in [2.24, 2.45) is 0 Å². The number of piperazine rings is 1. The molecule has 2 atom stereocenters.